The molecule has 8 N–H and O–H groups in total. The molecule has 0 amide bonds. The Kier molecular flexibility index (Phi) is 8.81. The van der Waals surface area contributed by atoms with E-state index in [1.54, 1.807) is 0 Å². The lowest BCUT2D eigenvalue weighted by atomic mass is 9.84. The van der Waals surface area contributed by atoms with Crippen molar-refractivity contribution in [1.82, 2.24) is 0 Å². The summed E-state index contributed by atoms with van der Waals surface area (Å²) in [4.78, 5) is 93.2. The van der Waals surface area contributed by atoms with Gasteiger partial charge in [0.25, 0.3) is 0 Å². The highest BCUT2D eigenvalue weighted by atomic mass is 16.4. The molecule has 0 radical (unpaired) electrons. The molecule has 16 nitrogen and oxygen atoms in total. The summed E-state index contributed by atoms with van der Waals surface area (Å²) in [6.07, 6.45) is 0. The van der Waals surface area contributed by atoms with Crippen LogP contribution in [0.4, 0.5) is 0 Å². The van der Waals surface area contributed by atoms with Crippen LogP contribution in [-0.2, 0) is 0 Å². The Morgan fingerprint density at radius 3 is 0.655 bits per heavy atom. The molecule has 0 fully saturated rings. The normalized spacial score (nSPS) is 11.2. The first kappa shape index (κ1) is 37.6. The minimum absolute atomic E-state index is 0.0587. The number of carboxylic acids is 8. The Morgan fingerprint density at radius 2 is 0.431 bits per heavy atom. The molecule has 0 atom stereocenters. The zero-order valence-electron chi connectivity index (χ0n) is 28.9. The quantitative estimate of drug-likeness (QED) is 0.0553. The molecule has 0 aliphatic carbocycles. The van der Waals surface area contributed by atoms with Crippen LogP contribution in [0.3, 0.4) is 0 Å². The Bertz CT molecular complexity index is 2920. The number of hydrogen-bond donors (Lipinski definition) is 8. The van der Waals surface area contributed by atoms with Crippen LogP contribution < -0.4 is 0 Å². The SMILES string of the molecule is O=C(O)c1ccc2c(ccc3c(C(=O)O)c(C(=O)O)ccc32)c1C(=O)O.O=C(O)c1ccc2c3ccc(C(=O)O)c4c(C(=O)O)ccc(c5ccc(C(=O)O)c1c25)c43. The molecule has 8 aromatic rings. The van der Waals surface area contributed by atoms with Crippen molar-refractivity contribution < 1.29 is 79.2 Å². The van der Waals surface area contributed by atoms with Gasteiger partial charge in [-0.15, -0.1) is 0 Å². The van der Waals surface area contributed by atoms with Crippen molar-refractivity contribution in [3.8, 4) is 0 Å². The predicted molar refractivity (Wildman–Crippen MR) is 205 cm³/mol. The van der Waals surface area contributed by atoms with E-state index < -0.39 is 70.0 Å². The molecule has 58 heavy (non-hydrogen) atoms. The third kappa shape index (κ3) is 5.63. The standard InChI is InChI=1S/C24H12O8.C18H10O8/c25-21(26)13-5-1-9-10-2-6-15(23(29)30)20-16(24(31)32)8-4-12(18(10)20)11-3-7-14(22(27)28)19(13)17(9)11;19-15(20)11-5-1-7-8-2-6-12(16(21)22)14(18(25)26)10(8)4-3-9(7)13(11)17(23)24/h1-8H,(H,25,26)(H,27,28)(H,29,30)(H,31,32);1-6H,(H,19,20)(H,21,22)(H,23,24)(H,25,26). The van der Waals surface area contributed by atoms with Gasteiger partial charge in [-0.2, -0.15) is 0 Å². The van der Waals surface area contributed by atoms with Crippen LogP contribution in [0.1, 0.15) is 82.9 Å². The summed E-state index contributed by atoms with van der Waals surface area (Å²) < 4.78 is 0. The molecule has 16 heteroatoms. The van der Waals surface area contributed by atoms with Crippen molar-refractivity contribution >= 4 is 112 Å². The summed E-state index contributed by atoms with van der Waals surface area (Å²) >= 11 is 0. The maximum atomic E-state index is 11.9. The van der Waals surface area contributed by atoms with Crippen molar-refractivity contribution in [2.75, 3.05) is 0 Å². The topological polar surface area (TPSA) is 298 Å². The number of rotatable bonds is 8. The number of benzene rings is 8. The van der Waals surface area contributed by atoms with Crippen LogP contribution in [0.5, 0.6) is 0 Å². The Balaban J connectivity index is 0.000000181. The lowest BCUT2D eigenvalue weighted by Crippen LogP contribution is -2.10. The van der Waals surface area contributed by atoms with Gasteiger partial charge in [-0.3, -0.25) is 0 Å². The van der Waals surface area contributed by atoms with Gasteiger partial charge in [-0.25, -0.2) is 38.4 Å². The first-order chi connectivity index (χ1) is 27.5. The number of carboxylic acid groups (broad SMARTS) is 8. The Morgan fingerprint density at radius 1 is 0.224 bits per heavy atom. The summed E-state index contributed by atoms with van der Waals surface area (Å²) in [6.45, 7) is 0. The van der Waals surface area contributed by atoms with Crippen LogP contribution in [0.2, 0.25) is 0 Å². The van der Waals surface area contributed by atoms with Gasteiger partial charge in [-0.1, -0.05) is 48.5 Å². The van der Waals surface area contributed by atoms with Crippen molar-refractivity contribution in [2.24, 2.45) is 0 Å². The second-order valence-electron chi connectivity index (χ2n) is 12.8. The van der Waals surface area contributed by atoms with Crippen LogP contribution in [0, 0.1) is 0 Å². The maximum absolute atomic E-state index is 11.9. The van der Waals surface area contributed by atoms with E-state index in [1.807, 2.05) is 0 Å². The largest absolute Gasteiger partial charge is 0.478 e. The smallest absolute Gasteiger partial charge is 0.337 e. The first-order valence-electron chi connectivity index (χ1n) is 16.5. The number of hydrogen-bond acceptors (Lipinski definition) is 8. The molecule has 0 saturated carbocycles. The molecule has 0 aliphatic heterocycles. The van der Waals surface area contributed by atoms with Crippen LogP contribution in [0.15, 0.2) is 84.9 Å². The molecule has 0 spiro atoms. The summed E-state index contributed by atoms with van der Waals surface area (Å²) in [5, 5.41) is 79.7. The number of carbonyl (C=O) groups is 8. The first-order valence-corrected chi connectivity index (χ1v) is 16.5. The van der Waals surface area contributed by atoms with E-state index in [0.717, 1.165) is 12.1 Å². The van der Waals surface area contributed by atoms with Crippen LogP contribution >= 0.6 is 0 Å². The van der Waals surface area contributed by atoms with E-state index in [-0.39, 0.29) is 43.8 Å². The number of aromatic carboxylic acids is 8. The van der Waals surface area contributed by atoms with Gasteiger partial charge in [0.05, 0.1) is 44.5 Å². The fourth-order valence-electron chi connectivity index (χ4n) is 7.64. The summed E-state index contributed by atoms with van der Waals surface area (Å²) in [7, 11) is 0. The molecular weight excluding hydrogens is 760 g/mol. The molecule has 0 aromatic heterocycles. The highest BCUT2D eigenvalue weighted by molar-refractivity contribution is 6.38. The monoisotopic (exact) mass is 782 g/mol. The van der Waals surface area contributed by atoms with Crippen molar-refractivity contribution in [3.63, 3.8) is 0 Å². The van der Waals surface area contributed by atoms with E-state index >= 15 is 0 Å². The minimum atomic E-state index is -1.44. The molecule has 286 valence electrons. The van der Waals surface area contributed by atoms with E-state index in [2.05, 4.69) is 0 Å². The fraction of sp³-hybridized carbons (Fsp3) is 0. The van der Waals surface area contributed by atoms with Gasteiger partial charge in [0.2, 0.25) is 0 Å². The van der Waals surface area contributed by atoms with Crippen LogP contribution in [-0.4, -0.2) is 88.6 Å². The third-order valence-electron chi connectivity index (χ3n) is 9.91. The molecule has 8 aromatic carbocycles. The highest BCUT2D eigenvalue weighted by Gasteiger charge is 2.26. The van der Waals surface area contributed by atoms with Gasteiger partial charge >= 0.3 is 47.8 Å². The van der Waals surface area contributed by atoms with E-state index in [9.17, 15) is 79.2 Å². The molecule has 8 rings (SSSR count). The Hall–Kier alpha value is -8.66. The summed E-state index contributed by atoms with van der Waals surface area (Å²) in [5.41, 5.74) is -2.33. The second kappa shape index (κ2) is 13.6. The molecule has 0 saturated heterocycles. The predicted octanol–water partition coefficient (Wildman–Crippen LogP) is 7.32. The van der Waals surface area contributed by atoms with Crippen LogP contribution in [0.25, 0.3) is 64.6 Å². The third-order valence-corrected chi connectivity index (χ3v) is 9.91. The van der Waals surface area contributed by atoms with Gasteiger partial charge in [-0.05, 0) is 90.3 Å². The van der Waals surface area contributed by atoms with E-state index in [1.165, 1.54) is 72.8 Å². The highest BCUT2D eigenvalue weighted by Crippen LogP contribution is 2.44. The van der Waals surface area contributed by atoms with Crippen molar-refractivity contribution in [1.29, 1.82) is 0 Å². The average molecular weight is 783 g/mol. The van der Waals surface area contributed by atoms with Gasteiger partial charge in [0.1, 0.15) is 0 Å². The Labute approximate surface area is 320 Å². The summed E-state index contributed by atoms with van der Waals surface area (Å²) in [5.74, 6) is -10.8. The van der Waals surface area contributed by atoms with Crippen molar-refractivity contribution in [3.05, 3.63) is 129 Å². The van der Waals surface area contributed by atoms with Gasteiger partial charge in [0, 0.05) is 10.8 Å². The molecule has 0 heterocycles. The molecule has 0 unspecified atom stereocenters. The fourth-order valence-corrected chi connectivity index (χ4v) is 7.64. The van der Waals surface area contributed by atoms with Gasteiger partial charge in [0.15, 0.2) is 0 Å². The maximum Gasteiger partial charge on any atom is 0.337 e. The average Bonchev–Trinajstić information content (AvgIpc) is 3.17. The second-order valence-corrected chi connectivity index (χ2v) is 12.8. The van der Waals surface area contributed by atoms with E-state index in [4.69, 9.17) is 0 Å². The van der Waals surface area contributed by atoms with E-state index in [0.29, 0.717) is 43.1 Å². The molecular formula is C42H22O16. The number of fused-ring (bicyclic) bond motifs is 5. The lowest BCUT2D eigenvalue weighted by molar-refractivity contribution is 0.0653. The zero-order valence-corrected chi connectivity index (χ0v) is 28.9. The molecule has 0 bridgehead atoms. The lowest BCUT2D eigenvalue weighted by Gasteiger charge is -2.18. The summed E-state index contributed by atoms with van der Waals surface area (Å²) in [6, 6.07) is 18.9. The zero-order chi connectivity index (χ0) is 42.1. The van der Waals surface area contributed by atoms with Crippen molar-refractivity contribution in [2.45, 2.75) is 0 Å². The van der Waals surface area contributed by atoms with Gasteiger partial charge < -0.3 is 40.9 Å². The minimum Gasteiger partial charge on any atom is -0.478 e. The molecule has 0 aliphatic rings.